The summed E-state index contributed by atoms with van der Waals surface area (Å²) < 4.78 is 8.85. The molecule has 1 aliphatic rings. The molecule has 4 rings (SSSR count). The van der Waals surface area contributed by atoms with Gasteiger partial charge in [0.1, 0.15) is 11.4 Å². The quantitative estimate of drug-likeness (QED) is 0.647. The van der Waals surface area contributed by atoms with Gasteiger partial charge < -0.3 is 15.0 Å². The number of hydrogen-bond acceptors (Lipinski definition) is 4. The topological polar surface area (TPSA) is 85.6 Å². The van der Waals surface area contributed by atoms with Gasteiger partial charge in [-0.3, -0.25) is 19.1 Å². The van der Waals surface area contributed by atoms with Crippen molar-refractivity contribution in [3.8, 4) is 11.4 Å². The van der Waals surface area contributed by atoms with Gasteiger partial charge in [-0.2, -0.15) is 0 Å². The second-order valence-corrected chi connectivity index (χ2v) is 7.73. The number of aromatic nitrogens is 2. The molecule has 1 aromatic heterocycles. The molecule has 0 spiro atoms. The van der Waals surface area contributed by atoms with Crippen LogP contribution in [0.3, 0.4) is 0 Å². The summed E-state index contributed by atoms with van der Waals surface area (Å²) in [6, 6.07) is 16.5. The molecule has 3 aromatic rings. The average Bonchev–Trinajstić information content (AvgIpc) is 3.28. The maximum absolute atomic E-state index is 13.1. The van der Waals surface area contributed by atoms with E-state index in [-0.39, 0.29) is 36.0 Å². The summed E-state index contributed by atoms with van der Waals surface area (Å²) in [7, 11) is 1.77. The molecule has 166 valence electrons. The summed E-state index contributed by atoms with van der Waals surface area (Å²) in [5.41, 5.74) is 1.90. The molecule has 0 radical (unpaired) electrons. The number of hydrogen-bond donors (Lipinski definition) is 1. The van der Waals surface area contributed by atoms with Crippen molar-refractivity contribution in [3.05, 3.63) is 70.6 Å². The highest BCUT2D eigenvalue weighted by Gasteiger charge is 2.37. The highest BCUT2D eigenvalue weighted by molar-refractivity contribution is 6.04. The van der Waals surface area contributed by atoms with Crippen LogP contribution < -0.4 is 20.5 Å². The molecule has 0 aliphatic carbocycles. The molecule has 8 nitrogen and oxygen atoms in total. The van der Waals surface area contributed by atoms with Crippen LogP contribution in [0.15, 0.2) is 59.4 Å². The minimum Gasteiger partial charge on any atom is -0.492 e. The van der Waals surface area contributed by atoms with E-state index in [2.05, 4.69) is 5.32 Å². The van der Waals surface area contributed by atoms with Crippen molar-refractivity contribution >= 4 is 23.2 Å². The summed E-state index contributed by atoms with van der Waals surface area (Å²) in [4.78, 5) is 40.4. The Balaban J connectivity index is 1.56. The van der Waals surface area contributed by atoms with E-state index in [1.54, 1.807) is 29.6 Å². The predicted octanol–water partition coefficient (Wildman–Crippen LogP) is 2.87. The van der Waals surface area contributed by atoms with E-state index in [9.17, 15) is 14.4 Å². The van der Waals surface area contributed by atoms with Gasteiger partial charge in [0.25, 0.3) is 5.56 Å². The molecular weight excluding hydrogens is 408 g/mol. The van der Waals surface area contributed by atoms with Crippen molar-refractivity contribution in [2.45, 2.75) is 20.3 Å². The zero-order chi connectivity index (χ0) is 22.8. The van der Waals surface area contributed by atoms with Crippen LogP contribution in [-0.4, -0.2) is 34.3 Å². The second kappa shape index (κ2) is 8.74. The van der Waals surface area contributed by atoms with Gasteiger partial charge in [0.15, 0.2) is 0 Å². The van der Waals surface area contributed by atoms with Gasteiger partial charge in [-0.1, -0.05) is 30.3 Å². The monoisotopic (exact) mass is 434 g/mol. The van der Waals surface area contributed by atoms with Crippen LogP contribution >= 0.6 is 0 Å². The first kappa shape index (κ1) is 21.4. The fourth-order valence-electron chi connectivity index (χ4n) is 4.01. The normalized spacial score (nSPS) is 15.8. The molecule has 1 fully saturated rings. The molecule has 32 heavy (non-hydrogen) atoms. The third kappa shape index (κ3) is 3.79. The highest BCUT2D eigenvalue weighted by Crippen LogP contribution is 2.33. The first-order chi connectivity index (χ1) is 15.4. The summed E-state index contributed by atoms with van der Waals surface area (Å²) in [5, 5.41) is 2.78. The lowest BCUT2D eigenvalue weighted by Gasteiger charge is -2.20. The van der Waals surface area contributed by atoms with Crippen molar-refractivity contribution in [3.63, 3.8) is 0 Å². The lowest BCUT2D eigenvalue weighted by Crippen LogP contribution is -2.30. The molecule has 1 N–H and O–H groups in total. The SMILES string of the molecule is CCOc1ccccc1N1CC(C(=O)Nc2c(C)n(C)n(-c3ccccc3)c2=O)CC1=O. The van der Waals surface area contributed by atoms with E-state index < -0.39 is 5.92 Å². The van der Waals surface area contributed by atoms with Gasteiger partial charge in [0, 0.05) is 20.0 Å². The Hall–Kier alpha value is -3.81. The molecule has 2 amide bonds. The Morgan fingerprint density at radius 1 is 1.09 bits per heavy atom. The molecule has 1 atom stereocenters. The molecule has 1 unspecified atom stereocenters. The van der Waals surface area contributed by atoms with E-state index >= 15 is 0 Å². The van der Waals surface area contributed by atoms with E-state index in [1.165, 1.54) is 4.68 Å². The van der Waals surface area contributed by atoms with Crippen molar-refractivity contribution < 1.29 is 14.3 Å². The number of para-hydroxylation sites is 3. The number of anilines is 2. The molecular formula is C24H26N4O4. The number of carbonyl (C=O) groups is 2. The molecule has 2 aromatic carbocycles. The van der Waals surface area contributed by atoms with Crippen molar-refractivity contribution in [2.24, 2.45) is 13.0 Å². The summed E-state index contributed by atoms with van der Waals surface area (Å²) >= 11 is 0. The average molecular weight is 434 g/mol. The molecule has 8 heteroatoms. The minimum atomic E-state index is -0.568. The maximum atomic E-state index is 13.1. The second-order valence-electron chi connectivity index (χ2n) is 7.73. The van der Waals surface area contributed by atoms with Crippen molar-refractivity contribution in [1.29, 1.82) is 0 Å². The van der Waals surface area contributed by atoms with Gasteiger partial charge >= 0.3 is 0 Å². The molecule has 0 saturated carbocycles. The van der Waals surface area contributed by atoms with Crippen LogP contribution in [0.2, 0.25) is 0 Å². The van der Waals surface area contributed by atoms with Gasteiger partial charge in [-0.05, 0) is 38.1 Å². The summed E-state index contributed by atoms with van der Waals surface area (Å²) in [6.45, 7) is 4.36. The number of carbonyl (C=O) groups excluding carboxylic acids is 2. The Morgan fingerprint density at radius 2 is 1.78 bits per heavy atom. The lowest BCUT2D eigenvalue weighted by atomic mass is 10.1. The zero-order valence-electron chi connectivity index (χ0n) is 18.4. The zero-order valence-corrected chi connectivity index (χ0v) is 18.4. The van der Waals surface area contributed by atoms with Gasteiger partial charge in [0.05, 0.1) is 29.6 Å². The third-order valence-electron chi connectivity index (χ3n) is 5.75. The molecule has 1 saturated heterocycles. The number of nitrogens with zero attached hydrogens (tertiary/aromatic N) is 3. The van der Waals surface area contributed by atoms with Crippen LogP contribution in [0.1, 0.15) is 19.0 Å². The fraction of sp³-hybridized carbons (Fsp3) is 0.292. The van der Waals surface area contributed by atoms with Crippen LogP contribution in [0.4, 0.5) is 11.4 Å². The number of rotatable bonds is 6. The number of benzene rings is 2. The van der Waals surface area contributed by atoms with Crippen LogP contribution in [0, 0.1) is 12.8 Å². The smallest absolute Gasteiger partial charge is 0.295 e. The molecule has 2 heterocycles. The lowest BCUT2D eigenvalue weighted by molar-refractivity contribution is -0.122. The first-order valence-corrected chi connectivity index (χ1v) is 10.6. The predicted molar refractivity (Wildman–Crippen MR) is 122 cm³/mol. The van der Waals surface area contributed by atoms with Crippen LogP contribution in [0.5, 0.6) is 5.75 Å². The van der Waals surface area contributed by atoms with E-state index in [1.807, 2.05) is 55.5 Å². The van der Waals surface area contributed by atoms with Gasteiger partial charge in [-0.25, -0.2) is 4.68 Å². The maximum Gasteiger partial charge on any atom is 0.295 e. The number of amides is 2. The number of ether oxygens (including phenoxy) is 1. The Morgan fingerprint density at radius 3 is 2.50 bits per heavy atom. The minimum absolute atomic E-state index is 0.0745. The first-order valence-electron chi connectivity index (χ1n) is 10.6. The third-order valence-corrected chi connectivity index (χ3v) is 5.75. The highest BCUT2D eigenvalue weighted by atomic mass is 16.5. The van der Waals surface area contributed by atoms with Crippen molar-refractivity contribution in [2.75, 3.05) is 23.4 Å². The summed E-state index contributed by atoms with van der Waals surface area (Å²) in [6.07, 6.45) is 0.0745. The van der Waals surface area contributed by atoms with Crippen LogP contribution in [-0.2, 0) is 16.6 Å². The van der Waals surface area contributed by atoms with Gasteiger partial charge in [0.2, 0.25) is 11.8 Å². The fourth-order valence-corrected chi connectivity index (χ4v) is 4.01. The van der Waals surface area contributed by atoms with Gasteiger partial charge in [-0.15, -0.1) is 0 Å². The standard InChI is InChI=1S/C24H26N4O4/c1-4-32-20-13-9-8-12-19(20)27-15-17(14-21(27)29)23(30)25-22-16(2)26(3)28(24(22)31)18-10-6-5-7-11-18/h5-13,17H,4,14-15H2,1-3H3,(H,25,30). The number of nitrogens with one attached hydrogen (secondary N) is 1. The van der Waals surface area contributed by atoms with E-state index in [0.29, 0.717) is 29.4 Å². The Labute approximate surface area is 186 Å². The van der Waals surface area contributed by atoms with Crippen LogP contribution in [0.25, 0.3) is 5.69 Å². The summed E-state index contributed by atoms with van der Waals surface area (Å²) in [5.74, 6) is -0.458. The molecule has 0 bridgehead atoms. The Bertz CT molecular complexity index is 1210. The van der Waals surface area contributed by atoms with Crippen molar-refractivity contribution in [1.82, 2.24) is 9.36 Å². The van der Waals surface area contributed by atoms with E-state index in [4.69, 9.17) is 4.74 Å². The largest absolute Gasteiger partial charge is 0.492 e. The Kier molecular flexibility index (Phi) is 5.85. The van der Waals surface area contributed by atoms with E-state index in [0.717, 1.165) is 0 Å². The molecule has 1 aliphatic heterocycles.